The van der Waals surface area contributed by atoms with Crippen molar-refractivity contribution in [1.29, 1.82) is 0 Å². The number of aromatic nitrogens is 2. The van der Waals surface area contributed by atoms with E-state index in [0.29, 0.717) is 5.91 Å². The zero-order chi connectivity index (χ0) is 20.3. The van der Waals surface area contributed by atoms with E-state index in [0.717, 1.165) is 74.5 Å². The van der Waals surface area contributed by atoms with Crippen molar-refractivity contribution < 1.29 is 4.79 Å². The maximum Gasteiger partial charge on any atom is 0.228 e. The second kappa shape index (κ2) is 7.10. The molecular formula is C24H35N5O. The zero-order valence-corrected chi connectivity index (χ0v) is 18.4. The molecule has 6 fully saturated rings. The Kier molecular flexibility index (Phi) is 4.47. The summed E-state index contributed by atoms with van der Waals surface area (Å²) in [6, 6.07) is 2.11. The van der Waals surface area contributed by atoms with Crippen molar-refractivity contribution >= 4 is 17.7 Å². The predicted octanol–water partition coefficient (Wildman–Crippen LogP) is 3.25. The van der Waals surface area contributed by atoms with Crippen LogP contribution in [0.4, 0.5) is 11.8 Å². The highest BCUT2D eigenvalue weighted by atomic mass is 16.2. The van der Waals surface area contributed by atoms with E-state index in [2.05, 4.69) is 32.7 Å². The Bertz CT molecular complexity index is 790. The van der Waals surface area contributed by atoms with Crippen molar-refractivity contribution in [3.8, 4) is 0 Å². The fourth-order valence-corrected chi connectivity index (χ4v) is 7.60. The molecular weight excluding hydrogens is 374 g/mol. The molecule has 7 rings (SSSR count). The number of hydrogen-bond donors (Lipinski definition) is 0. The third kappa shape index (κ3) is 3.18. The molecule has 2 saturated heterocycles. The highest BCUT2D eigenvalue weighted by Gasteiger charge is 2.55. The number of anilines is 2. The summed E-state index contributed by atoms with van der Waals surface area (Å²) in [7, 11) is 0. The summed E-state index contributed by atoms with van der Waals surface area (Å²) in [5.41, 5.74) is 1.03. The molecule has 162 valence electrons. The third-order valence-corrected chi connectivity index (χ3v) is 8.60. The molecule has 4 bridgehead atoms. The molecule has 6 heteroatoms. The van der Waals surface area contributed by atoms with Gasteiger partial charge >= 0.3 is 0 Å². The van der Waals surface area contributed by atoms with Gasteiger partial charge in [0, 0.05) is 51.0 Å². The van der Waals surface area contributed by atoms with Gasteiger partial charge in [-0.1, -0.05) is 0 Å². The van der Waals surface area contributed by atoms with Gasteiger partial charge in [-0.2, -0.15) is 4.98 Å². The lowest BCUT2D eigenvalue weighted by Crippen LogP contribution is -2.58. The molecule has 1 aromatic heterocycles. The zero-order valence-electron chi connectivity index (χ0n) is 18.4. The van der Waals surface area contributed by atoms with E-state index in [-0.39, 0.29) is 5.41 Å². The van der Waals surface area contributed by atoms with Gasteiger partial charge in [0.1, 0.15) is 5.82 Å². The monoisotopic (exact) mass is 409 g/mol. The third-order valence-electron chi connectivity index (χ3n) is 8.60. The van der Waals surface area contributed by atoms with Crippen LogP contribution in [0, 0.1) is 30.1 Å². The van der Waals surface area contributed by atoms with Gasteiger partial charge in [-0.15, -0.1) is 0 Å². The molecule has 4 saturated carbocycles. The van der Waals surface area contributed by atoms with Gasteiger partial charge in [0.05, 0.1) is 5.41 Å². The Balaban J connectivity index is 1.14. The minimum Gasteiger partial charge on any atom is -0.353 e. The summed E-state index contributed by atoms with van der Waals surface area (Å²) in [5.74, 6) is 4.89. The number of amides is 1. The van der Waals surface area contributed by atoms with Crippen LogP contribution in [0.1, 0.15) is 57.1 Å². The number of aryl methyl sites for hydroxylation is 1. The Morgan fingerprint density at radius 1 is 0.867 bits per heavy atom. The maximum absolute atomic E-state index is 13.7. The van der Waals surface area contributed by atoms with E-state index in [1.54, 1.807) is 0 Å². The molecule has 3 heterocycles. The van der Waals surface area contributed by atoms with Crippen molar-refractivity contribution in [2.45, 2.75) is 58.3 Å². The number of carbonyl (C=O) groups excluding carboxylic acids is 1. The molecule has 6 nitrogen and oxygen atoms in total. The summed E-state index contributed by atoms with van der Waals surface area (Å²) in [5, 5.41) is 0. The summed E-state index contributed by atoms with van der Waals surface area (Å²) >= 11 is 0. The summed E-state index contributed by atoms with van der Waals surface area (Å²) in [6.07, 6.45) is 10.2. The largest absolute Gasteiger partial charge is 0.353 e. The van der Waals surface area contributed by atoms with Gasteiger partial charge in [0.25, 0.3) is 0 Å². The molecule has 6 aliphatic rings. The summed E-state index contributed by atoms with van der Waals surface area (Å²) in [4.78, 5) is 30.1. The Morgan fingerprint density at radius 3 is 2.07 bits per heavy atom. The van der Waals surface area contributed by atoms with E-state index in [1.807, 2.05) is 0 Å². The van der Waals surface area contributed by atoms with Crippen LogP contribution in [0.15, 0.2) is 6.07 Å². The lowest BCUT2D eigenvalue weighted by atomic mass is 9.49. The van der Waals surface area contributed by atoms with Crippen LogP contribution in [0.5, 0.6) is 0 Å². The van der Waals surface area contributed by atoms with Crippen molar-refractivity contribution in [1.82, 2.24) is 14.9 Å². The normalized spacial score (nSPS) is 35.4. The molecule has 1 aromatic rings. The molecule has 0 spiro atoms. The van der Waals surface area contributed by atoms with Crippen LogP contribution >= 0.6 is 0 Å². The SMILES string of the molecule is Cc1cc(N2CCN(C(=O)C34CC5CC(CC(C5)C3)C4)CC2)nc(N2CCCC2)n1. The van der Waals surface area contributed by atoms with Crippen molar-refractivity contribution in [3.63, 3.8) is 0 Å². The number of piperazine rings is 1. The Morgan fingerprint density at radius 2 is 1.47 bits per heavy atom. The van der Waals surface area contributed by atoms with Gasteiger partial charge in [-0.3, -0.25) is 4.79 Å². The van der Waals surface area contributed by atoms with E-state index >= 15 is 0 Å². The highest BCUT2D eigenvalue weighted by Crippen LogP contribution is 2.60. The molecule has 0 unspecified atom stereocenters. The number of carbonyl (C=O) groups is 1. The molecule has 0 aromatic carbocycles. The summed E-state index contributed by atoms with van der Waals surface area (Å²) < 4.78 is 0. The maximum atomic E-state index is 13.7. The Labute approximate surface area is 180 Å². The number of rotatable bonds is 3. The van der Waals surface area contributed by atoms with Crippen molar-refractivity contribution in [2.75, 3.05) is 49.1 Å². The Hall–Kier alpha value is -1.85. The number of nitrogens with zero attached hydrogens (tertiary/aromatic N) is 5. The molecule has 4 aliphatic carbocycles. The van der Waals surface area contributed by atoms with Crippen LogP contribution in [0.2, 0.25) is 0 Å². The van der Waals surface area contributed by atoms with E-state index in [4.69, 9.17) is 4.98 Å². The molecule has 0 atom stereocenters. The van der Waals surface area contributed by atoms with Gasteiger partial charge in [-0.05, 0) is 76.0 Å². The average Bonchev–Trinajstić information content (AvgIpc) is 3.27. The van der Waals surface area contributed by atoms with Crippen LogP contribution in [0.25, 0.3) is 0 Å². The number of hydrogen-bond acceptors (Lipinski definition) is 5. The fourth-order valence-electron chi connectivity index (χ4n) is 7.60. The molecule has 2 aliphatic heterocycles. The first-order chi connectivity index (χ1) is 14.6. The van der Waals surface area contributed by atoms with Gasteiger partial charge < -0.3 is 14.7 Å². The van der Waals surface area contributed by atoms with Crippen LogP contribution in [-0.4, -0.2) is 60.0 Å². The van der Waals surface area contributed by atoms with Gasteiger partial charge in [-0.25, -0.2) is 4.98 Å². The van der Waals surface area contributed by atoms with Gasteiger partial charge in [0.15, 0.2) is 0 Å². The molecule has 1 amide bonds. The quantitative estimate of drug-likeness (QED) is 0.767. The standard InChI is InChI=1S/C24H35N5O/c1-17-10-21(26-23(25-17)29-4-2-3-5-29)27-6-8-28(9-7-27)22(30)24-14-18-11-19(15-24)13-20(12-18)16-24/h10,18-20H,2-9,11-16H2,1H3. The lowest BCUT2D eigenvalue weighted by Gasteiger charge is -2.57. The minimum absolute atomic E-state index is 0.00858. The summed E-state index contributed by atoms with van der Waals surface area (Å²) in [6.45, 7) is 7.64. The first-order valence-corrected chi connectivity index (χ1v) is 12.2. The first-order valence-electron chi connectivity index (χ1n) is 12.2. The van der Waals surface area contributed by atoms with Crippen LogP contribution in [-0.2, 0) is 4.79 Å². The molecule has 0 radical (unpaired) electrons. The smallest absolute Gasteiger partial charge is 0.228 e. The van der Waals surface area contributed by atoms with Gasteiger partial charge in [0.2, 0.25) is 11.9 Å². The van der Waals surface area contributed by atoms with Crippen LogP contribution in [0.3, 0.4) is 0 Å². The predicted molar refractivity (Wildman–Crippen MR) is 118 cm³/mol. The lowest BCUT2D eigenvalue weighted by molar-refractivity contribution is -0.158. The van der Waals surface area contributed by atoms with Crippen molar-refractivity contribution in [2.24, 2.45) is 23.2 Å². The highest BCUT2D eigenvalue weighted by molar-refractivity contribution is 5.83. The molecule has 0 N–H and O–H groups in total. The van der Waals surface area contributed by atoms with Crippen molar-refractivity contribution in [3.05, 3.63) is 11.8 Å². The fraction of sp³-hybridized carbons (Fsp3) is 0.792. The second-order valence-electron chi connectivity index (χ2n) is 10.8. The average molecular weight is 410 g/mol. The topological polar surface area (TPSA) is 52.6 Å². The molecule has 30 heavy (non-hydrogen) atoms. The minimum atomic E-state index is -0.00858. The van der Waals surface area contributed by atoms with E-state index in [9.17, 15) is 4.79 Å². The van der Waals surface area contributed by atoms with E-state index < -0.39 is 0 Å². The second-order valence-corrected chi connectivity index (χ2v) is 10.8. The van der Waals surface area contributed by atoms with E-state index in [1.165, 1.54) is 51.4 Å². The first kappa shape index (κ1) is 18.9. The van der Waals surface area contributed by atoms with Crippen LogP contribution < -0.4 is 9.80 Å².